The summed E-state index contributed by atoms with van der Waals surface area (Å²) in [7, 11) is 2.03. The van der Waals surface area contributed by atoms with E-state index in [2.05, 4.69) is 15.5 Å². The molecule has 4 heteroatoms. The first-order chi connectivity index (χ1) is 10.8. The van der Waals surface area contributed by atoms with Gasteiger partial charge in [-0.1, -0.05) is 19.3 Å². The highest BCUT2D eigenvalue weighted by Gasteiger charge is 2.19. The Morgan fingerprint density at radius 2 is 1.77 bits per heavy atom. The molecule has 0 unspecified atom stereocenters. The minimum Gasteiger partial charge on any atom is -0.356 e. The van der Waals surface area contributed by atoms with Crippen LogP contribution in [0.5, 0.6) is 0 Å². The third kappa shape index (κ3) is 6.66. The molecule has 1 saturated heterocycles. The van der Waals surface area contributed by atoms with Crippen LogP contribution in [0.15, 0.2) is 0 Å². The number of carbonyl (C=O) groups is 1. The highest BCUT2D eigenvalue weighted by atomic mass is 16.1. The molecule has 0 aromatic carbocycles. The summed E-state index contributed by atoms with van der Waals surface area (Å²) in [6.07, 6.45) is 11.3. The number of carbonyl (C=O) groups excluding carboxylic acids is 1. The fourth-order valence-corrected chi connectivity index (χ4v) is 3.84. The summed E-state index contributed by atoms with van der Waals surface area (Å²) in [6, 6.07) is 0. The molecule has 0 spiro atoms. The number of hydrogen-bond donors (Lipinski definition) is 2. The van der Waals surface area contributed by atoms with Crippen LogP contribution in [0.25, 0.3) is 0 Å². The summed E-state index contributed by atoms with van der Waals surface area (Å²) in [5.74, 6) is 1.87. The average Bonchev–Trinajstić information content (AvgIpc) is 2.58. The average molecular weight is 309 g/mol. The van der Waals surface area contributed by atoms with Gasteiger partial charge in [-0.3, -0.25) is 4.79 Å². The predicted octanol–water partition coefficient (Wildman–Crippen LogP) is 2.39. The molecule has 1 amide bonds. The van der Waals surface area contributed by atoms with Crippen molar-refractivity contribution in [1.29, 1.82) is 0 Å². The van der Waals surface area contributed by atoms with Crippen molar-refractivity contribution < 1.29 is 4.79 Å². The molecule has 0 radical (unpaired) electrons. The van der Waals surface area contributed by atoms with Crippen molar-refractivity contribution in [1.82, 2.24) is 15.5 Å². The summed E-state index contributed by atoms with van der Waals surface area (Å²) < 4.78 is 0. The molecule has 0 atom stereocenters. The normalized spacial score (nSPS) is 21.9. The van der Waals surface area contributed by atoms with Crippen LogP contribution in [-0.4, -0.2) is 50.6 Å². The second-order valence-electron chi connectivity index (χ2n) is 7.24. The van der Waals surface area contributed by atoms with Crippen molar-refractivity contribution >= 4 is 5.91 Å². The fraction of sp³-hybridized carbons (Fsp3) is 0.944. The molecule has 0 bridgehead atoms. The lowest BCUT2D eigenvalue weighted by atomic mass is 9.89. The number of nitrogens with zero attached hydrogens (tertiary/aromatic N) is 1. The van der Waals surface area contributed by atoms with Crippen LogP contribution in [0.4, 0.5) is 0 Å². The molecular formula is C18H35N3O. The Hall–Kier alpha value is -0.610. The van der Waals surface area contributed by atoms with Gasteiger partial charge in [0.25, 0.3) is 0 Å². The van der Waals surface area contributed by atoms with Gasteiger partial charge in [-0.2, -0.15) is 0 Å². The van der Waals surface area contributed by atoms with E-state index in [9.17, 15) is 4.79 Å². The Morgan fingerprint density at radius 3 is 2.45 bits per heavy atom. The summed E-state index contributed by atoms with van der Waals surface area (Å²) in [4.78, 5) is 14.5. The number of piperidine rings is 1. The van der Waals surface area contributed by atoms with Crippen LogP contribution in [0.1, 0.15) is 57.8 Å². The zero-order valence-electron chi connectivity index (χ0n) is 14.4. The quantitative estimate of drug-likeness (QED) is 0.723. The Balaban J connectivity index is 1.51. The van der Waals surface area contributed by atoms with Crippen LogP contribution in [0.2, 0.25) is 0 Å². The Bertz CT molecular complexity index is 307. The SMILES string of the molecule is CNCCC1CCN(CCC(=O)NCC2CCCCC2)CC1. The molecule has 2 N–H and O–H groups in total. The molecule has 22 heavy (non-hydrogen) atoms. The van der Waals surface area contributed by atoms with Crippen LogP contribution in [0.3, 0.4) is 0 Å². The molecule has 1 aliphatic carbocycles. The number of hydrogen-bond acceptors (Lipinski definition) is 3. The summed E-state index contributed by atoms with van der Waals surface area (Å²) in [5, 5.41) is 6.40. The van der Waals surface area contributed by atoms with Gasteiger partial charge < -0.3 is 15.5 Å². The lowest BCUT2D eigenvalue weighted by Gasteiger charge is -2.31. The van der Waals surface area contributed by atoms with Crippen molar-refractivity contribution in [3.63, 3.8) is 0 Å². The van der Waals surface area contributed by atoms with Crippen molar-refractivity contribution in [3.8, 4) is 0 Å². The van der Waals surface area contributed by atoms with Gasteiger partial charge in [-0.25, -0.2) is 0 Å². The second kappa shape index (κ2) is 10.2. The predicted molar refractivity (Wildman–Crippen MR) is 91.9 cm³/mol. The van der Waals surface area contributed by atoms with E-state index < -0.39 is 0 Å². The van der Waals surface area contributed by atoms with Crippen LogP contribution in [-0.2, 0) is 4.79 Å². The Labute approximate surface area is 136 Å². The summed E-state index contributed by atoms with van der Waals surface area (Å²) >= 11 is 0. The molecule has 1 heterocycles. The first kappa shape index (κ1) is 17.7. The minimum absolute atomic E-state index is 0.253. The van der Waals surface area contributed by atoms with Crippen LogP contribution in [0, 0.1) is 11.8 Å². The van der Waals surface area contributed by atoms with Gasteiger partial charge in [0.15, 0.2) is 0 Å². The highest BCUT2D eigenvalue weighted by molar-refractivity contribution is 5.76. The number of nitrogens with one attached hydrogen (secondary N) is 2. The fourth-order valence-electron chi connectivity index (χ4n) is 3.84. The molecule has 2 aliphatic rings. The standard InChI is InChI=1S/C18H35N3O/c1-19-11-7-16-8-12-21(13-9-16)14-10-18(22)20-15-17-5-3-2-4-6-17/h16-17,19H,2-15H2,1H3,(H,20,22). The molecule has 0 aromatic rings. The zero-order chi connectivity index (χ0) is 15.6. The summed E-state index contributed by atoms with van der Waals surface area (Å²) in [5.41, 5.74) is 0. The highest BCUT2D eigenvalue weighted by Crippen LogP contribution is 2.23. The smallest absolute Gasteiger partial charge is 0.221 e. The van der Waals surface area contributed by atoms with Gasteiger partial charge in [-0.05, 0) is 70.6 Å². The molecule has 1 aliphatic heterocycles. The molecule has 4 nitrogen and oxygen atoms in total. The lowest BCUT2D eigenvalue weighted by molar-refractivity contribution is -0.121. The molecule has 1 saturated carbocycles. The maximum atomic E-state index is 12.0. The van der Waals surface area contributed by atoms with Gasteiger partial charge in [0.05, 0.1) is 0 Å². The van der Waals surface area contributed by atoms with Gasteiger partial charge >= 0.3 is 0 Å². The number of amides is 1. The molecule has 128 valence electrons. The molecular weight excluding hydrogens is 274 g/mol. The molecule has 2 rings (SSSR count). The number of likely N-dealkylation sites (tertiary alicyclic amines) is 1. The summed E-state index contributed by atoms with van der Waals surface area (Å²) in [6.45, 7) is 5.32. The van der Waals surface area contributed by atoms with E-state index in [1.807, 2.05) is 7.05 Å². The van der Waals surface area contributed by atoms with Crippen molar-refractivity contribution in [3.05, 3.63) is 0 Å². The topological polar surface area (TPSA) is 44.4 Å². The molecule has 2 fully saturated rings. The van der Waals surface area contributed by atoms with E-state index in [1.165, 1.54) is 64.5 Å². The number of rotatable bonds is 8. The van der Waals surface area contributed by atoms with Crippen molar-refractivity contribution in [2.24, 2.45) is 11.8 Å². The van der Waals surface area contributed by atoms with Gasteiger partial charge in [0, 0.05) is 19.5 Å². The van der Waals surface area contributed by atoms with E-state index in [1.54, 1.807) is 0 Å². The van der Waals surface area contributed by atoms with E-state index in [4.69, 9.17) is 0 Å². The second-order valence-corrected chi connectivity index (χ2v) is 7.24. The van der Waals surface area contributed by atoms with E-state index >= 15 is 0 Å². The maximum Gasteiger partial charge on any atom is 0.221 e. The van der Waals surface area contributed by atoms with Gasteiger partial charge in [0.1, 0.15) is 0 Å². The monoisotopic (exact) mass is 309 g/mol. The van der Waals surface area contributed by atoms with Crippen molar-refractivity contribution in [2.45, 2.75) is 57.8 Å². The molecule has 0 aromatic heterocycles. The Morgan fingerprint density at radius 1 is 1.05 bits per heavy atom. The minimum atomic E-state index is 0.253. The van der Waals surface area contributed by atoms with Gasteiger partial charge in [-0.15, -0.1) is 0 Å². The first-order valence-corrected chi connectivity index (χ1v) is 9.41. The third-order valence-electron chi connectivity index (χ3n) is 5.48. The Kier molecular flexibility index (Phi) is 8.24. The third-order valence-corrected chi connectivity index (χ3v) is 5.48. The maximum absolute atomic E-state index is 12.0. The van der Waals surface area contributed by atoms with E-state index in [0.29, 0.717) is 6.42 Å². The van der Waals surface area contributed by atoms with E-state index in [-0.39, 0.29) is 5.91 Å². The van der Waals surface area contributed by atoms with E-state index in [0.717, 1.165) is 31.5 Å². The zero-order valence-corrected chi connectivity index (χ0v) is 14.4. The van der Waals surface area contributed by atoms with Crippen LogP contribution >= 0.6 is 0 Å². The van der Waals surface area contributed by atoms with Crippen molar-refractivity contribution in [2.75, 3.05) is 39.8 Å². The van der Waals surface area contributed by atoms with Crippen LogP contribution < -0.4 is 10.6 Å². The largest absolute Gasteiger partial charge is 0.356 e. The lowest BCUT2D eigenvalue weighted by Crippen LogP contribution is -2.38. The van der Waals surface area contributed by atoms with Gasteiger partial charge in [0.2, 0.25) is 5.91 Å². The first-order valence-electron chi connectivity index (χ1n) is 9.41.